The van der Waals surface area contributed by atoms with Crippen molar-refractivity contribution in [2.24, 2.45) is 0 Å². The van der Waals surface area contributed by atoms with Gasteiger partial charge in [0, 0.05) is 4.91 Å². The van der Waals surface area contributed by atoms with Crippen LogP contribution in [0.2, 0.25) is 0 Å². The molecule has 0 atom stereocenters. The lowest BCUT2D eigenvalue weighted by Gasteiger charge is -2.01. The Hall–Kier alpha value is -0.950. The normalized spacial score (nSPS) is 9.38. The molecule has 0 nitrogen and oxygen atoms in total. The summed E-state index contributed by atoms with van der Waals surface area (Å²) >= 11 is 1.68. The van der Waals surface area contributed by atoms with Gasteiger partial charge in [0.2, 0.25) is 0 Å². The monoisotopic (exact) mass is 190 g/mol. The van der Waals surface area contributed by atoms with Gasteiger partial charge in [-0.25, -0.2) is 0 Å². The summed E-state index contributed by atoms with van der Waals surface area (Å²) in [5.41, 5.74) is 2.51. The molecule has 0 fully saturated rings. The van der Waals surface area contributed by atoms with Crippen molar-refractivity contribution in [1.29, 1.82) is 0 Å². The van der Waals surface area contributed by atoms with Crippen LogP contribution in [0.15, 0.2) is 47.9 Å². The first-order chi connectivity index (χ1) is 6.20. The highest BCUT2D eigenvalue weighted by atomic mass is 32.2. The van der Waals surface area contributed by atoms with Gasteiger partial charge in [0.25, 0.3) is 0 Å². The van der Waals surface area contributed by atoms with Crippen LogP contribution in [-0.2, 0) is 0 Å². The molecule has 0 heterocycles. The van der Waals surface area contributed by atoms with E-state index in [4.69, 9.17) is 0 Å². The number of hydrogen-bond donors (Lipinski definition) is 0. The molecule has 0 aromatic heterocycles. The fraction of sp³-hybridized carbons (Fsp3) is 0.167. The Balaban J connectivity index is 2.65. The zero-order valence-electron chi connectivity index (χ0n) is 8.08. The van der Waals surface area contributed by atoms with Crippen LogP contribution in [0.25, 0.3) is 4.91 Å². The largest absolute Gasteiger partial charge is 0.0981 e. The lowest BCUT2D eigenvalue weighted by atomic mass is 10.2. The molecule has 0 bridgehead atoms. The Morgan fingerprint density at radius 2 is 1.85 bits per heavy atom. The average molecular weight is 190 g/mol. The Labute approximate surface area is 84.4 Å². The molecule has 0 aliphatic heterocycles. The predicted molar refractivity (Wildman–Crippen MR) is 62.5 cm³/mol. The van der Waals surface area contributed by atoms with Crippen molar-refractivity contribution >= 4 is 16.7 Å². The van der Waals surface area contributed by atoms with Crippen molar-refractivity contribution in [1.82, 2.24) is 0 Å². The van der Waals surface area contributed by atoms with E-state index in [2.05, 4.69) is 38.0 Å². The van der Waals surface area contributed by atoms with Gasteiger partial charge in [0.15, 0.2) is 0 Å². The second-order valence-electron chi connectivity index (χ2n) is 3.10. The van der Waals surface area contributed by atoms with Gasteiger partial charge in [-0.3, -0.25) is 0 Å². The third kappa shape index (κ3) is 3.51. The Morgan fingerprint density at radius 3 is 2.38 bits per heavy atom. The fourth-order valence-electron chi connectivity index (χ4n) is 0.881. The summed E-state index contributed by atoms with van der Waals surface area (Å²) in [4.78, 5) is 1.10. The highest BCUT2D eigenvalue weighted by Crippen LogP contribution is 2.26. The number of thioether (sulfide) groups is 1. The van der Waals surface area contributed by atoms with E-state index in [1.165, 1.54) is 11.1 Å². The van der Waals surface area contributed by atoms with E-state index in [0.29, 0.717) is 0 Å². The third-order valence-corrected chi connectivity index (χ3v) is 2.64. The highest BCUT2D eigenvalue weighted by molar-refractivity contribution is 8.10. The first-order valence-electron chi connectivity index (χ1n) is 4.24. The first-order valence-corrected chi connectivity index (χ1v) is 5.12. The summed E-state index contributed by atoms with van der Waals surface area (Å²) in [7, 11) is 0. The zero-order valence-corrected chi connectivity index (χ0v) is 8.90. The van der Waals surface area contributed by atoms with Crippen LogP contribution in [0.1, 0.15) is 19.4 Å². The van der Waals surface area contributed by atoms with Gasteiger partial charge in [-0.15, -0.1) is 0 Å². The maximum Gasteiger partial charge on any atom is 0.0116 e. The van der Waals surface area contributed by atoms with Crippen molar-refractivity contribution in [2.45, 2.75) is 13.8 Å². The van der Waals surface area contributed by atoms with Gasteiger partial charge in [-0.05, 0) is 24.8 Å². The summed E-state index contributed by atoms with van der Waals surface area (Å²) in [5.74, 6) is 0. The standard InChI is InChI=1S/C12H14S/c1-10(2)9-13-11(3)12-7-5-4-6-8-12/h4-9H,3H2,1-2H3. The van der Waals surface area contributed by atoms with E-state index >= 15 is 0 Å². The molecule has 1 heteroatoms. The molecule has 13 heavy (non-hydrogen) atoms. The van der Waals surface area contributed by atoms with Crippen LogP contribution in [0.4, 0.5) is 0 Å². The van der Waals surface area contributed by atoms with Gasteiger partial charge in [0.05, 0.1) is 0 Å². The molecule has 0 amide bonds. The lowest BCUT2D eigenvalue weighted by Crippen LogP contribution is -1.74. The second kappa shape index (κ2) is 4.93. The maximum absolute atomic E-state index is 4.02. The zero-order chi connectivity index (χ0) is 9.68. The van der Waals surface area contributed by atoms with E-state index in [9.17, 15) is 0 Å². The average Bonchev–Trinajstić information content (AvgIpc) is 2.15. The smallest absolute Gasteiger partial charge is 0.0116 e. The quantitative estimate of drug-likeness (QED) is 0.684. The third-order valence-electron chi connectivity index (χ3n) is 1.53. The number of rotatable bonds is 3. The van der Waals surface area contributed by atoms with E-state index in [0.717, 1.165) is 4.91 Å². The van der Waals surface area contributed by atoms with Crippen molar-refractivity contribution in [2.75, 3.05) is 0 Å². The van der Waals surface area contributed by atoms with Crippen LogP contribution in [0, 0.1) is 0 Å². The van der Waals surface area contributed by atoms with Gasteiger partial charge in [-0.2, -0.15) is 0 Å². The summed E-state index contributed by atoms with van der Waals surface area (Å²) < 4.78 is 0. The molecular weight excluding hydrogens is 176 g/mol. The molecule has 0 radical (unpaired) electrons. The molecule has 1 aromatic rings. The minimum absolute atomic E-state index is 1.10. The van der Waals surface area contributed by atoms with Crippen molar-refractivity contribution in [3.63, 3.8) is 0 Å². The van der Waals surface area contributed by atoms with Crippen molar-refractivity contribution in [3.8, 4) is 0 Å². The van der Waals surface area contributed by atoms with E-state index in [-0.39, 0.29) is 0 Å². The topological polar surface area (TPSA) is 0 Å². The molecule has 68 valence electrons. The van der Waals surface area contributed by atoms with E-state index < -0.39 is 0 Å². The fourth-order valence-corrected chi connectivity index (χ4v) is 1.53. The lowest BCUT2D eigenvalue weighted by molar-refractivity contribution is 1.42. The SMILES string of the molecule is C=C(SC=C(C)C)c1ccccc1. The summed E-state index contributed by atoms with van der Waals surface area (Å²) in [6, 6.07) is 10.2. The maximum atomic E-state index is 4.02. The molecule has 0 aliphatic rings. The highest BCUT2D eigenvalue weighted by Gasteiger charge is 1.95. The number of allylic oxidation sites excluding steroid dienone is 1. The van der Waals surface area contributed by atoms with Gasteiger partial charge in [0.1, 0.15) is 0 Å². The predicted octanol–water partition coefficient (Wildman–Crippen LogP) is 4.31. The molecule has 0 saturated heterocycles. The molecule has 1 rings (SSSR count). The molecule has 0 N–H and O–H groups in total. The van der Waals surface area contributed by atoms with Crippen molar-refractivity contribution < 1.29 is 0 Å². The molecule has 0 aliphatic carbocycles. The molecular formula is C12H14S. The van der Waals surface area contributed by atoms with Crippen LogP contribution >= 0.6 is 11.8 Å². The molecule has 0 saturated carbocycles. The van der Waals surface area contributed by atoms with Crippen LogP contribution in [-0.4, -0.2) is 0 Å². The Morgan fingerprint density at radius 1 is 1.23 bits per heavy atom. The summed E-state index contributed by atoms with van der Waals surface area (Å²) in [6.45, 7) is 8.19. The van der Waals surface area contributed by atoms with Crippen molar-refractivity contribution in [3.05, 3.63) is 53.5 Å². The first kappa shape index (κ1) is 10.1. The second-order valence-corrected chi connectivity index (χ2v) is 4.07. The summed E-state index contributed by atoms with van der Waals surface area (Å²) in [6.07, 6.45) is 0. The molecule has 0 spiro atoms. The van der Waals surface area contributed by atoms with Gasteiger partial charge >= 0.3 is 0 Å². The Bertz CT molecular complexity index is 305. The van der Waals surface area contributed by atoms with Gasteiger partial charge < -0.3 is 0 Å². The minimum atomic E-state index is 1.10. The molecule has 1 aromatic carbocycles. The van der Waals surface area contributed by atoms with Gasteiger partial charge in [-0.1, -0.05) is 54.2 Å². The van der Waals surface area contributed by atoms with E-state index in [1.807, 2.05) is 18.2 Å². The Kier molecular flexibility index (Phi) is 3.84. The number of hydrogen-bond acceptors (Lipinski definition) is 1. The van der Waals surface area contributed by atoms with E-state index in [1.54, 1.807) is 11.8 Å². The summed E-state index contributed by atoms with van der Waals surface area (Å²) in [5, 5.41) is 2.12. The number of benzene rings is 1. The molecule has 0 unspecified atom stereocenters. The van der Waals surface area contributed by atoms with Crippen LogP contribution in [0.3, 0.4) is 0 Å². The minimum Gasteiger partial charge on any atom is -0.0981 e. The van der Waals surface area contributed by atoms with Crippen LogP contribution in [0.5, 0.6) is 0 Å². The van der Waals surface area contributed by atoms with Crippen LogP contribution < -0.4 is 0 Å².